The van der Waals surface area contributed by atoms with Crippen LogP contribution in [-0.2, 0) is 16.1 Å². The second kappa shape index (κ2) is 8.20. The number of carbonyl (C=O) groups excluding carboxylic acids is 1. The van der Waals surface area contributed by atoms with Crippen LogP contribution in [-0.4, -0.2) is 18.8 Å². The Morgan fingerprint density at radius 3 is 2.52 bits per heavy atom. The molecule has 0 amide bonds. The lowest BCUT2D eigenvalue weighted by atomic mass is 10.1. The molecule has 0 spiro atoms. The average Bonchev–Trinajstić information content (AvgIpc) is 2.53. The molecule has 0 aliphatic carbocycles. The molecular formula is C16H13Cl3N2O2. The van der Waals surface area contributed by atoms with E-state index in [4.69, 9.17) is 39.5 Å². The van der Waals surface area contributed by atoms with E-state index in [0.717, 1.165) is 5.56 Å². The lowest BCUT2D eigenvalue weighted by Crippen LogP contribution is -2.21. The highest BCUT2D eigenvalue weighted by Crippen LogP contribution is 2.21. The van der Waals surface area contributed by atoms with Gasteiger partial charge in [0.1, 0.15) is 0 Å². The van der Waals surface area contributed by atoms with Gasteiger partial charge in [0.2, 0.25) is 0 Å². The maximum atomic E-state index is 11.9. The third-order valence-corrected chi connectivity index (χ3v) is 3.90. The maximum Gasteiger partial charge on any atom is 0.359 e. The quantitative estimate of drug-likeness (QED) is 0.484. The van der Waals surface area contributed by atoms with Crippen LogP contribution in [0.3, 0.4) is 0 Å². The number of carbonyl (C=O) groups is 1. The topological polar surface area (TPSA) is 50.7 Å². The van der Waals surface area contributed by atoms with E-state index in [-0.39, 0.29) is 5.71 Å². The van der Waals surface area contributed by atoms with Gasteiger partial charge in [-0.15, -0.1) is 0 Å². The van der Waals surface area contributed by atoms with Gasteiger partial charge in [-0.2, -0.15) is 5.10 Å². The standard InChI is InChI=1S/C16H13Cl3N2O2/c1-23-16(22)15(12-4-2-3-5-13(12)18)21-20-9-10-6-7-11(17)8-14(10)19/h2-8,20H,9H2,1H3/b21-15-. The van der Waals surface area contributed by atoms with Crippen LogP contribution in [0.2, 0.25) is 15.1 Å². The van der Waals surface area contributed by atoms with E-state index in [1.54, 1.807) is 42.5 Å². The minimum atomic E-state index is -0.590. The molecule has 0 fully saturated rings. The SMILES string of the molecule is COC(=O)/C(=N\NCc1ccc(Cl)cc1Cl)c1ccccc1Cl. The van der Waals surface area contributed by atoms with E-state index in [1.165, 1.54) is 7.11 Å². The predicted octanol–water partition coefficient (Wildman–Crippen LogP) is 4.31. The van der Waals surface area contributed by atoms with Gasteiger partial charge >= 0.3 is 5.97 Å². The number of hydrogen-bond donors (Lipinski definition) is 1. The molecule has 0 aliphatic heterocycles. The van der Waals surface area contributed by atoms with Gasteiger partial charge in [0.05, 0.1) is 18.7 Å². The molecule has 0 aromatic heterocycles. The first kappa shape index (κ1) is 17.6. The molecule has 7 heteroatoms. The Morgan fingerprint density at radius 1 is 1.13 bits per heavy atom. The molecule has 0 aliphatic rings. The van der Waals surface area contributed by atoms with Crippen molar-refractivity contribution in [2.24, 2.45) is 5.10 Å². The van der Waals surface area contributed by atoms with E-state index in [2.05, 4.69) is 10.5 Å². The zero-order valence-corrected chi connectivity index (χ0v) is 14.4. The van der Waals surface area contributed by atoms with Crippen molar-refractivity contribution in [1.29, 1.82) is 0 Å². The summed E-state index contributed by atoms with van der Waals surface area (Å²) >= 11 is 18.0. The van der Waals surface area contributed by atoms with Crippen molar-refractivity contribution in [3.05, 3.63) is 68.7 Å². The number of benzene rings is 2. The number of esters is 1. The maximum absolute atomic E-state index is 11.9. The molecule has 2 rings (SSSR count). The van der Waals surface area contributed by atoms with Crippen molar-refractivity contribution in [3.8, 4) is 0 Å². The number of rotatable bonds is 5. The highest BCUT2D eigenvalue weighted by atomic mass is 35.5. The summed E-state index contributed by atoms with van der Waals surface area (Å²) in [6.07, 6.45) is 0. The van der Waals surface area contributed by atoms with Crippen molar-refractivity contribution >= 4 is 46.5 Å². The molecule has 0 saturated carbocycles. The van der Waals surface area contributed by atoms with Crippen molar-refractivity contribution < 1.29 is 9.53 Å². The lowest BCUT2D eigenvalue weighted by molar-refractivity contribution is -0.132. The number of hydrazone groups is 1. The Bertz CT molecular complexity index is 748. The summed E-state index contributed by atoms with van der Waals surface area (Å²) in [5, 5.41) is 5.57. The van der Waals surface area contributed by atoms with Crippen molar-refractivity contribution in [2.45, 2.75) is 6.54 Å². The van der Waals surface area contributed by atoms with Gasteiger partial charge in [0, 0.05) is 15.6 Å². The molecular weight excluding hydrogens is 359 g/mol. The normalized spacial score (nSPS) is 11.2. The third kappa shape index (κ3) is 4.61. The van der Waals surface area contributed by atoms with Crippen molar-refractivity contribution in [1.82, 2.24) is 5.43 Å². The minimum Gasteiger partial charge on any atom is -0.464 e. The molecule has 0 bridgehead atoms. The van der Waals surface area contributed by atoms with Crippen LogP contribution in [0.4, 0.5) is 0 Å². The first-order chi connectivity index (χ1) is 11.0. The molecule has 2 aromatic carbocycles. The average molecular weight is 372 g/mol. The Labute approximate surface area is 149 Å². The summed E-state index contributed by atoms with van der Waals surface area (Å²) in [5.41, 5.74) is 4.17. The second-order valence-electron chi connectivity index (χ2n) is 4.50. The van der Waals surface area contributed by atoms with Crippen LogP contribution in [0.15, 0.2) is 47.6 Å². The fourth-order valence-corrected chi connectivity index (χ4v) is 2.54. The summed E-state index contributed by atoms with van der Waals surface area (Å²) in [7, 11) is 1.28. The van der Waals surface area contributed by atoms with Gasteiger partial charge in [0.25, 0.3) is 0 Å². The number of methoxy groups -OCH3 is 1. The van der Waals surface area contributed by atoms with Gasteiger partial charge in [-0.05, 0) is 23.8 Å². The van der Waals surface area contributed by atoms with Crippen LogP contribution >= 0.6 is 34.8 Å². The summed E-state index contributed by atoms with van der Waals surface area (Å²) < 4.78 is 4.75. The Hall–Kier alpha value is -1.75. The molecule has 0 radical (unpaired) electrons. The van der Waals surface area contributed by atoms with E-state index >= 15 is 0 Å². The molecule has 0 saturated heterocycles. The highest BCUT2D eigenvalue weighted by molar-refractivity contribution is 6.47. The fraction of sp³-hybridized carbons (Fsp3) is 0.125. The predicted molar refractivity (Wildman–Crippen MR) is 93.3 cm³/mol. The van der Waals surface area contributed by atoms with Crippen molar-refractivity contribution in [2.75, 3.05) is 7.11 Å². The molecule has 0 heterocycles. The lowest BCUT2D eigenvalue weighted by Gasteiger charge is -2.08. The fourth-order valence-electron chi connectivity index (χ4n) is 1.83. The van der Waals surface area contributed by atoms with E-state index < -0.39 is 5.97 Å². The summed E-state index contributed by atoms with van der Waals surface area (Å²) in [6.45, 7) is 0.320. The van der Waals surface area contributed by atoms with E-state index in [9.17, 15) is 4.79 Å². The molecule has 120 valence electrons. The number of nitrogens with zero attached hydrogens (tertiary/aromatic N) is 1. The zero-order valence-electron chi connectivity index (χ0n) is 12.1. The van der Waals surface area contributed by atoms with E-state index in [1.807, 2.05) is 0 Å². The highest BCUT2D eigenvalue weighted by Gasteiger charge is 2.17. The summed E-state index contributed by atoms with van der Waals surface area (Å²) in [5.74, 6) is -0.590. The zero-order chi connectivity index (χ0) is 16.8. The number of ether oxygens (including phenoxy) is 1. The molecule has 23 heavy (non-hydrogen) atoms. The van der Waals surface area contributed by atoms with Gasteiger partial charge in [0.15, 0.2) is 5.71 Å². The number of nitrogens with one attached hydrogen (secondary N) is 1. The Morgan fingerprint density at radius 2 is 1.87 bits per heavy atom. The first-order valence-electron chi connectivity index (χ1n) is 6.60. The Balaban J connectivity index is 2.21. The second-order valence-corrected chi connectivity index (χ2v) is 5.75. The largest absolute Gasteiger partial charge is 0.464 e. The molecule has 4 nitrogen and oxygen atoms in total. The summed E-state index contributed by atoms with van der Waals surface area (Å²) in [6, 6.07) is 12.0. The monoisotopic (exact) mass is 370 g/mol. The molecule has 1 N–H and O–H groups in total. The van der Waals surface area contributed by atoms with Crippen molar-refractivity contribution in [3.63, 3.8) is 0 Å². The minimum absolute atomic E-state index is 0.0863. The molecule has 0 atom stereocenters. The third-order valence-electron chi connectivity index (χ3n) is 2.98. The summed E-state index contributed by atoms with van der Waals surface area (Å²) in [4.78, 5) is 11.9. The van der Waals surface area contributed by atoms with Gasteiger partial charge in [-0.25, -0.2) is 4.79 Å². The van der Waals surface area contributed by atoms with Crippen LogP contribution in [0.25, 0.3) is 0 Å². The smallest absolute Gasteiger partial charge is 0.359 e. The molecule has 2 aromatic rings. The first-order valence-corrected chi connectivity index (χ1v) is 7.74. The van der Waals surface area contributed by atoms with Gasteiger partial charge in [-0.3, -0.25) is 0 Å². The van der Waals surface area contributed by atoms with E-state index in [0.29, 0.717) is 27.2 Å². The van der Waals surface area contributed by atoms with Crippen LogP contribution < -0.4 is 5.43 Å². The van der Waals surface area contributed by atoms with Crippen LogP contribution in [0, 0.1) is 0 Å². The van der Waals surface area contributed by atoms with Gasteiger partial charge < -0.3 is 10.2 Å². The number of hydrogen-bond acceptors (Lipinski definition) is 4. The molecule has 0 unspecified atom stereocenters. The number of halogens is 3. The Kier molecular flexibility index (Phi) is 6.28. The van der Waals surface area contributed by atoms with Crippen LogP contribution in [0.5, 0.6) is 0 Å². The van der Waals surface area contributed by atoms with Crippen LogP contribution in [0.1, 0.15) is 11.1 Å². The van der Waals surface area contributed by atoms with Gasteiger partial charge in [-0.1, -0.05) is 59.1 Å².